The van der Waals surface area contributed by atoms with E-state index in [-0.39, 0.29) is 5.95 Å². The number of oxazole rings is 1. The van der Waals surface area contributed by atoms with Gasteiger partial charge in [0.15, 0.2) is 5.58 Å². The summed E-state index contributed by atoms with van der Waals surface area (Å²) in [7, 11) is 3.71. The van der Waals surface area contributed by atoms with Crippen LogP contribution in [0.5, 0.6) is 0 Å². The monoisotopic (exact) mass is 302 g/mol. The van der Waals surface area contributed by atoms with Gasteiger partial charge in [0.1, 0.15) is 11.3 Å². The Labute approximate surface area is 125 Å². The number of hydrogen-bond acceptors (Lipinski definition) is 8. The van der Waals surface area contributed by atoms with Crippen LogP contribution in [0.15, 0.2) is 33.9 Å². The lowest BCUT2D eigenvalue weighted by Crippen LogP contribution is -2.15. The van der Waals surface area contributed by atoms with Gasteiger partial charge in [-0.15, -0.1) is 0 Å². The van der Waals surface area contributed by atoms with E-state index in [9.17, 15) is 0 Å². The first kappa shape index (κ1) is 13.6. The van der Waals surface area contributed by atoms with Crippen LogP contribution in [0.1, 0.15) is 5.82 Å². The summed E-state index contributed by atoms with van der Waals surface area (Å²) in [4.78, 5) is 18.7. The Morgan fingerprint density at radius 2 is 1.95 bits per heavy atom. The average Bonchev–Trinajstić information content (AvgIpc) is 2.87. The van der Waals surface area contributed by atoms with Crippen LogP contribution < -0.4 is 10.6 Å². The van der Waals surface area contributed by atoms with Crippen molar-refractivity contribution in [1.82, 2.24) is 19.9 Å². The molecule has 0 bridgehead atoms. The third-order valence-electron chi connectivity index (χ3n) is 2.69. The van der Waals surface area contributed by atoms with Crippen LogP contribution in [0.2, 0.25) is 0 Å². The standard InChI is InChI=1S/C13H14N6OS/c1-19(2)12-17-10(16-11(14)18-12)7-21-13-15-8-5-3-4-6-9(8)20-13/h3-6H,7H2,1-2H3,(H2,14,16,17,18). The minimum Gasteiger partial charge on any atom is -0.431 e. The molecule has 2 heterocycles. The zero-order chi connectivity index (χ0) is 14.8. The lowest BCUT2D eigenvalue weighted by atomic mass is 10.3. The van der Waals surface area contributed by atoms with Crippen LogP contribution >= 0.6 is 11.8 Å². The number of hydrogen-bond donors (Lipinski definition) is 1. The second kappa shape index (κ2) is 5.57. The number of rotatable bonds is 4. The van der Waals surface area contributed by atoms with Gasteiger partial charge in [-0.3, -0.25) is 0 Å². The number of nitrogens with two attached hydrogens (primary N) is 1. The maximum Gasteiger partial charge on any atom is 0.257 e. The highest BCUT2D eigenvalue weighted by Crippen LogP contribution is 2.25. The van der Waals surface area contributed by atoms with Crippen molar-refractivity contribution in [3.05, 3.63) is 30.1 Å². The minimum absolute atomic E-state index is 0.210. The van der Waals surface area contributed by atoms with Gasteiger partial charge >= 0.3 is 0 Å². The fourth-order valence-electron chi connectivity index (χ4n) is 1.73. The van der Waals surface area contributed by atoms with E-state index in [1.165, 1.54) is 11.8 Å². The molecule has 0 atom stereocenters. The molecule has 2 N–H and O–H groups in total. The highest BCUT2D eigenvalue weighted by atomic mass is 32.2. The third kappa shape index (κ3) is 3.05. The molecule has 1 aromatic carbocycles. The van der Waals surface area contributed by atoms with Gasteiger partial charge in [-0.2, -0.15) is 15.0 Å². The molecule has 108 valence electrons. The van der Waals surface area contributed by atoms with Gasteiger partial charge in [0, 0.05) is 14.1 Å². The molecular weight excluding hydrogens is 288 g/mol. The van der Waals surface area contributed by atoms with E-state index in [2.05, 4.69) is 19.9 Å². The predicted molar refractivity (Wildman–Crippen MR) is 82.1 cm³/mol. The molecule has 0 spiro atoms. The average molecular weight is 302 g/mol. The molecule has 0 radical (unpaired) electrons. The lowest BCUT2D eigenvalue weighted by molar-refractivity contribution is 0.489. The first-order chi connectivity index (χ1) is 10.1. The van der Waals surface area contributed by atoms with Gasteiger partial charge < -0.3 is 15.1 Å². The molecule has 0 saturated carbocycles. The molecular formula is C13H14N6OS. The minimum atomic E-state index is 0.210. The van der Waals surface area contributed by atoms with Crippen molar-refractivity contribution in [2.75, 3.05) is 24.7 Å². The topological polar surface area (TPSA) is 94.0 Å². The maximum absolute atomic E-state index is 5.69. The van der Waals surface area contributed by atoms with Gasteiger partial charge in [0.25, 0.3) is 5.22 Å². The number of fused-ring (bicyclic) bond motifs is 1. The molecule has 8 heteroatoms. The number of nitrogens with zero attached hydrogens (tertiary/aromatic N) is 5. The van der Waals surface area contributed by atoms with Crippen molar-refractivity contribution >= 4 is 34.8 Å². The van der Waals surface area contributed by atoms with Gasteiger partial charge in [-0.05, 0) is 12.1 Å². The van der Waals surface area contributed by atoms with Crippen molar-refractivity contribution in [1.29, 1.82) is 0 Å². The summed E-state index contributed by atoms with van der Waals surface area (Å²) in [6, 6.07) is 7.64. The Morgan fingerprint density at radius 1 is 1.14 bits per heavy atom. The highest BCUT2D eigenvalue weighted by Gasteiger charge is 2.10. The number of para-hydroxylation sites is 2. The second-order valence-electron chi connectivity index (χ2n) is 4.54. The Morgan fingerprint density at radius 3 is 2.71 bits per heavy atom. The normalized spacial score (nSPS) is 11.0. The summed E-state index contributed by atoms with van der Waals surface area (Å²) in [6.07, 6.45) is 0. The fraction of sp³-hybridized carbons (Fsp3) is 0.231. The van der Waals surface area contributed by atoms with E-state index in [0.29, 0.717) is 22.7 Å². The number of aromatic nitrogens is 4. The van der Waals surface area contributed by atoms with E-state index in [1.54, 1.807) is 4.90 Å². The first-order valence-corrected chi connectivity index (χ1v) is 7.26. The lowest BCUT2D eigenvalue weighted by Gasteiger charge is -2.10. The van der Waals surface area contributed by atoms with E-state index in [1.807, 2.05) is 38.4 Å². The van der Waals surface area contributed by atoms with Gasteiger partial charge in [-0.1, -0.05) is 23.9 Å². The van der Waals surface area contributed by atoms with E-state index in [0.717, 1.165) is 11.1 Å². The second-order valence-corrected chi connectivity index (χ2v) is 5.47. The first-order valence-electron chi connectivity index (χ1n) is 6.28. The van der Waals surface area contributed by atoms with Crippen LogP contribution in [-0.2, 0) is 5.75 Å². The SMILES string of the molecule is CN(C)c1nc(N)nc(CSc2nc3ccccc3o2)n1. The van der Waals surface area contributed by atoms with Gasteiger partial charge in [-0.25, -0.2) is 4.98 Å². The molecule has 0 fully saturated rings. The fourth-order valence-corrected chi connectivity index (χ4v) is 2.42. The molecule has 2 aromatic heterocycles. The number of nitrogen functional groups attached to an aromatic ring is 1. The molecule has 3 rings (SSSR count). The number of thioether (sulfide) groups is 1. The quantitative estimate of drug-likeness (QED) is 0.731. The Kier molecular flexibility index (Phi) is 3.61. The van der Waals surface area contributed by atoms with E-state index < -0.39 is 0 Å². The summed E-state index contributed by atoms with van der Waals surface area (Å²) < 4.78 is 5.64. The molecule has 0 aliphatic heterocycles. The Hall–Kier alpha value is -2.35. The highest BCUT2D eigenvalue weighted by molar-refractivity contribution is 7.98. The molecule has 0 unspecified atom stereocenters. The molecule has 3 aromatic rings. The summed E-state index contributed by atoms with van der Waals surface area (Å²) in [5, 5.41) is 0.585. The molecule has 0 aliphatic carbocycles. The van der Waals surface area contributed by atoms with Gasteiger partial charge in [0.2, 0.25) is 11.9 Å². The van der Waals surface area contributed by atoms with E-state index >= 15 is 0 Å². The van der Waals surface area contributed by atoms with Crippen LogP contribution in [0, 0.1) is 0 Å². The maximum atomic E-state index is 5.69. The zero-order valence-corrected chi connectivity index (χ0v) is 12.5. The smallest absolute Gasteiger partial charge is 0.257 e. The van der Waals surface area contributed by atoms with Crippen molar-refractivity contribution in [3.8, 4) is 0 Å². The summed E-state index contributed by atoms with van der Waals surface area (Å²) in [5.74, 6) is 1.86. The van der Waals surface area contributed by atoms with Crippen molar-refractivity contribution in [2.24, 2.45) is 0 Å². The third-order valence-corrected chi connectivity index (χ3v) is 3.51. The van der Waals surface area contributed by atoms with Crippen molar-refractivity contribution < 1.29 is 4.42 Å². The van der Waals surface area contributed by atoms with Crippen molar-refractivity contribution in [3.63, 3.8) is 0 Å². The molecule has 21 heavy (non-hydrogen) atoms. The summed E-state index contributed by atoms with van der Waals surface area (Å²) in [5.41, 5.74) is 7.30. The number of benzene rings is 1. The molecule has 7 nitrogen and oxygen atoms in total. The number of anilines is 2. The largest absolute Gasteiger partial charge is 0.431 e. The molecule has 0 aliphatic rings. The Balaban J connectivity index is 1.78. The molecule has 0 amide bonds. The Bertz CT molecular complexity index is 739. The predicted octanol–water partition coefficient (Wildman–Crippen LogP) is 1.95. The zero-order valence-electron chi connectivity index (χ0n) is 11.6. The van der Waals surface area contributed by atoms with Crippen LogP contribution in [0.4, 0.5) is 11.9 Å². The van der Waals surface area contributed by atoms with Crippen LogP contribution in [0.3, 0.4) is 0 Å². The summed E-state index contributed by atoms with van der Waals surface area (Å²) >= 11 is 1.42. The van der Waals surface area contributed by atoms with Gasteiger partial charge in [0.05, 0.1) is 5.75 Å². The molecule has 0 saturated heterocycles. The van der Waals surface area contributed by atoms with E-state index in [4.69, 9.17) is 10.2 Å². The van der Waals surface area contributed by atoms with Crippen LogP contribution in [-0.4, -0.2) is 34.0 Å². The van der Waals surface area contributed by atoms with Crippen LogP contribution in [0.25, 0.3) is 11.1 Å². The summed E-state index contributed by atoms with van der Waals surface area (Å²) in [6.45, 7) is 0. The van der Waals surface area contributed by atoms with Crippen molar-refractivity contribution in [2.45, 2.75) is 11.0 Å².